The number of aliphatic imine (C=N–C) groups is 1. The highest BCUT2D eigenvalue weighted by Gasteiger charge is 2.24. The number of nitrogens with zero attached hydrogens (tertiary/aromatic N) is 2. The van der Waals surface area contributed by atoms with Gasteiger partial charge in [0.2, 0.25) is 0 Å². The van der Waals surface area contributed by atoms with E-state index in [0.29, 0.717) is 5.92 Å². The number of aromatic amines is 1. The SMILES string of the molecule is CC(C)C1(C)C=Cc2c[nH]nc2N=C1. The molecule has 1 aliphatic rings. The van der Waals surface area contributed by atoms with Crippen LogP contribution < -0.4 is 0 Å². The third kappa shape index (κ3) is 1.39. The van der Waals surface area contributed by atoms with Gasteiger partial charge in [0.25, 0.3) is 0 Å². The molecule has 1 unspecified atom stereocenters. The Balaban J connectivity index is 2.42. The zero-order valence-electron chi connectivity index (χ0n) is 8.78. The van der Waals surface area contributed by atoms with Gasteiger partial charge in [-0.15, -0.1) is 0 Å². The maximum Gasteiger partial charge on any atom is 0.180 e. The van der Waals surface area contributed by atoms with Crippen molar-refractivity contribution >= 4 is 18.1 Å². The van der Waals surface area contributed by atoms with Crippen LogP contribution in [0, 0.1) is 11.3 Å². The molecule has 14 heavy (non-hydrogen) atoms. The first kappa shape index (κ1) is 9.19. The highest BCUT2D eigenvalue weighted by molar-refractivity contribution is 5.78. The molecular formula is C11H15N3. The second-order valence-electron chi connectivity index (χ2n) is 4.28. The standard InChI is InChI=1S/C11H15N3/c1-8(2)11(3)5-4-9-6-13-14-10(9)12-7-11/h4-8H,1-3H3,(H,13,14). The number of rotatable bonds is 1. The van der Waals surface area contributed by atoms with Crippen molar-refractivity contribution in [2.24, 2.45) is 16.3 Å². The van der Waals surface area contributed by atoms with Gasteiger partial charge in [0.05, 0.1) is 0 Å². The Hall–Kier alpha value is -1.38. The van der Waals surface area contributed by atoms with E-state index < -0.39 is 0 Å². The largest absolute Gasteiger partial charge is 0.283 e. The number of aromatic nitrogens is 2. The molecule has 0 aromatic carbocycles. The highest BCUT2D eigenvalue weighted by Crippen LogP contribution is 2.32. The quantitative estimate of drug-likeness (QED) is 0.725. The predicted octanol–water partition coefficient (Wildman–Crippen LogP) is 2.80. The molecule has 0 saturated carbocycles. The number of fused-ring (bicyclic) bond motifs is 1. The van der Waals surface area contributed by atoms with Crippen molar-refractivity contribution < 1.29 is 0 Å². The predicted molar refractivity (Wildman–Crippen MR) is 58.7 cm³/mol. The Kier molecular flexibility index (Phi) is 2.02. The van der Waals surface area contributed by atoms with Crippen molar-refractivity contribution in [2.45, 2.75) is 20.8 Å². The van der Waals surface area contributed by atoms with Gasteiger partial charge in [-0.3, -0.25) is 5.10 Å². The zero-order chi connectivity index (χ0) is 10.2. The van der Waals surface area contributed by atoms with E-state index >= 15 is 0 Å². The third-order valence-electron chi connectivity index (χ3n) is 2.98. The van der Waals surface area contributed by atoms with Crippen LogP contribution in [-0.4, -0.2) is 16.4 Å². The molecule has 0 bridgehead atoms. The molecule has 2 heterocycles. The van der Waals surface area contributed by atoms with E-state index in [4.69, 9.17) is 0 Å². The minimum Gasteiger partial charge on any atom is -0.283 e. The maximum atomic E-state index is 4.39. The fraction of sp³-hybridized carbons (Fsp3) is 0.455. The van der Waals surface area contributed by atoms with E-state index in [1.807, 2.05) is 12.4 Å². The van der Waals surface area contributed by atoms with Gasteiger partial charge < -0.3 is 0 Å². The monoisotopic (exact) mass is 189 g/mol. The molecule has 1 N–H and O–H groups in total. The van der Waals surface area contributed by atoms with E-state index in [1.54, 1.807) is 0 Å². The number of hydrogen-bond acceptors (Lipinski definition) is 2. The number of hydrogen-bond donors (Lipinski definition) is 1. The lowest BCUT2D eigenvalue weighted by molar-refractivity contribution is 0.426. The molecule has 0 aliphatic carbocycles. The Morgan fingerprint density at radius 2 is 2.21 bits per heavy atom. The second kappa shape index (κ2) is 3.08. The van der Waals surface area contributed by atoms with Crippen molar-refractivity contribution in [3.8, 4) is 0 Å². The molecule has 3 nitrogen and oxygen atoms in total. The molecule has 0 spiro atoms. The highest BCUT2D eigenvalue weighted by atomic mass is 15.2. The summed E-state index contributed by atoms with van der Waals surface area (Å²) in [5, 5.41) is 6.88. The van der Waals surface area contributed by atoms with Gasteiger partial charge in [-0.1, -0.05) is 32.9 Å². The first-order chi connectivity index (χ1) is 6.62. The summed E-state index contributed by atoms with van der Waals surface area (Å²) in [5.74, 6) is 1.32. The fourth-order valence-corrected chi connectivity index (χ4v) is 1.37. The minimum atomic E-state index is 0.0354. The van der Waals surface area contributed by atoms with E-state index in [-0.39, 0.29) is 5.41 Å². The first-order valence-electron chi connectivity index (χ1n) is 4.90. The summed E-state index contributed by atoms with van der Waals surface area (Å²) in [4.78, 5) is 4.39. The van der Waals surface area contributed by atoms with Gasteiger partial charge in [0.15, 0.2) is 5.82 Å². The average Bonchev–Trinajstić information content (AvgIpc) is 2.53. The molecule has 1 aromatic heterocycles. The molecule has 0 fully saturated rings. The lowest BCUT2D eigenvalue weighted by Crippen LogP contribution is -2.21. The van der Waals surface area contributed by atoms with Crippen LogP contribution in [0.5, 0.6) is 0 Å². The Labute approximate surface area is 83.9 Å². The molecular weight excluding hydrogens is 174 g/mol. The van der Waals surface area contributed by atoms with E-state index in [1.165, 1.54) is 0 Å². The normalized spacial score (nSPS) is 25.1. The van der Waals surface area contributed by atoms with Crippen LogP contribution in [0.2, 0.25) is 0 Å². The Bertz CT molecular complexity index is 356. The lowest BCUT2D eigenvalue weighted by atomic mass is 9.80. The topological polar surface area (TPSA) is 41.0 Å². The molecule has 0 amide bonds. The summed E-state index contributed by atoms with van der Waals surface area (Å²) in [6, 6.07) is 0. The lowest BCUT2D eigenvalue weighted by Gasteiger charge is -2.24. The second-order valence-corrected chi connectivity index (χ2v) is 4.28. The van der Waals surface area contributed by atoms with E-state index in [0.717, 1.165) is 11.4 Å². The summed E-state index contributed by atoms with van der Waals surface area (Å²) in [7, 11) is 0. The van der Waals surface area contributed by atoms with Crippen molar-refractivity contribution in [3.63, 3.8) is 0 Å². The fourth-order valence-electron chi connectivity index (χ4n) is 1.37. The van der Waals surface area contributed by atoms with E-state index in [2.05, 4.69) is 48.1 Å². The summed E-state index contributed by atoms with van der Waals surface area (Å²) in [6.45, 7) is 6.59. The van der Waals surface area contributed by atoms with Crippen molar-refractivity contribution in [3.05, 3.63) is 17.8 Å². The molecule has 1 aromatic rings. The van der Waals surface area contributed by atoms with Crippen LogP contribution in [-0.2, 0) is 0 Å². The Morgan fingerprint density at radius 1 is 1.43 bits per heavy atom. The van der Waals surface area contributed by atoms with Crippen LogP contribution in [0.1, 0.15) is 26.3 Å². The summed E-state index contributed by atoms with van der Waals surface area (Å²) in [5.41, 5.74) is 1.10. The zero-order valence-corrected chi connectivity index (χ0v) is 8.78. The Morgan fingerprint density at radius 3 is 2.93 bits per heavy atom. The minimum absolute atomic E-state index is 0.0354. The number of allylic oxidation sites excluding steroid dienone is 1. The summed E-state index contributed by atoms with van der Waals surface area (Å²) < 4.78 is 0. The summed E-state index contributed by atoms with van der Waals surface area (Å²) in [6.07, 6.45) is 8.14. The molecule has 74 valence electrons. The molecule has 2 rings (SSSR count). The number of H-pyrrole nitrogens is 1. The molecule has 1 atom stereocenters. The van der Waals surface area contributed by atoms with Gasteiger partial charge in [-0.2, -0.15) is 5.10 Å². The van der Waals surface area contributed by atoms with Crippen molar-refractivity contribution in [1.82, 2.24) is 10.2 Å². The van der Waals surface area contributed by atoms with Gasteiger partial charge in [0.1, 0.15) is 0 Å². The van der Waals surface area contributed by atoms with Crippen LogP contribution in [0.4, 0.5) is 5.82 Å². The van der Waals surface area contributed by atoms with Gasteiger partial charge in [-0.05, 0) is 5.92 Å². The molecule has 0 radical (unpaired) electrons. The first-order valence-corrected chi connectivity index (χ1v) is 4.90. The molecule has 1 aliphatic heterocycles. The van der Waals surface area contributed by atoms with Gasteiger partial charge in [0, 0.05) is 23.4 Å². The van der Waals surface area contributed by atoms with Crippen molar-refractivity contribution in [1.29, 1.82) is 0 Å². The van der Waals surface area contributed by atoms with E-state index in [9.17, 15) is 0 Å². The maximum absolute atomic E-state index is 4.39. The van der Waals surface area contributed by atoms with Crippen molar-refractivity contribution in [2.75, 3.05) is 0 Å². The van der Waals surface area contributed by atoms with Crippen LogP contribution in [0.3, 0.4) is 0 Å². The average molecular weight is 189 g/mol. The molecule has 0 saturated heterocycles. The number of nitrogens with one attached hydrogen (secondary N) is 1. The van der Waals surface area contributed by atoms with Gasteiger partial charge in [-0.25, -0.2) is 4.99 Å². The summed E-state index contributed by atoms with van der Waals surface area (Å²) >= 11 is 0. The van der Waals surface area contributed by atoms with Gasteiger partial charge >= 0.3 is 0 Å². The smallest absolute Gasteiger partial charge is 0.180 e. The van der Waals surface area contributed by atoms with Crippen LogP contribution >= 0.6 is 0 Å². The van der Waals surface area contributed by atoms with Crippen LogP contribution in [0.25, 0.3) is 6.08 Å². The molecule has 3 heteroatoms. The van der Waals surface area contributed by atoms with Crippen LogP contribution in [0.15, 0.2) is 17.3 Å². The third-order valence-corrected chi connectivity index (χ3v) is 2.98.